The molecule has 1 unspecified atom stereocenters. The van der Waals surface area contributed by atoms with E-state index in [0.717, 1.165) is 24.6 Å². The normalized spacial score (nSPS) is 12.5. The van der Waals surface area contributed by atoms with Crippen molar-refractivity contribution >= 4 is 11.6 Å². The van der Waals surface area contributed by atoms with Gasteiger partial charge in [0, 0.05) is 20.2 Å². The van der Waals surface area contributed by atoms with E-state index in [-0.39, 0.29) is 5.38 Å². The van der Waals surface area contributed by atoms with Gasteiger partial charge < -0.3 is 19.1 Å². The number of alkyl halides is 1. The van der Waals surface area contributed by atoms with Gasteiger partial charge in [-0.2, -0.15) is 0 Å². The highest BCUT2D eigenvalue weighted by atomic mass is 35.5. The monoisotopic (exact) mass is 287 g/mol. The SMILES string of the molecule is COCC(Cl)CN(C)CCOc1ccc(OC)cc1. The second-order valence-corrected chi connectivity index (χ2v) is 4.96. The first kappa shape index (κ1) is 16.1. The Labute approximate surface area is 120 Å². The summed E-state index contributed by atoms with van der Waals surface area (Å²) in [6, 6.07) is 7.56. The molecule has 19 heavy (non-hydrogen) atoms. The summed E-state index contributed by atoms with van der Waals surface area (Å²) in [5.41, 5.74) is 0. The maximum absolute atomic E-state index is 6.08. The number of methoxy groups -OCH3 is 2. The number of rotatable bonds is 9. The molecule has 0 N–H and O–H groups in total. The molecule has 0 saturated heterocycles. The highest BCUT2D eigenvalue weighted by Gasteiger charge is 2.08. The van der Waals surface area contributed by atoms with Crippen LogP contribution in [0.15, 0.2) is 24.3 Å². The molecule has 0 aromatic heterocycles. The second kappa shape index (κ2) is 9.02. The maximum Gasteiger partial charge on any atom is 0.119 e. The van der Waals surface area contributed by atoms with Crippen molar-refractivity contribution in [1.29, 1.82) is 0 Å². The number of nitrogens with zero attached hydrogens (tertiary/aromatic N) is 1. The standard InChI is InChI=1S/C14H22ClNO3/c1-16(10-12(15)11-17-2)8-9-19-14-6-4-13(18-3)5-7-14/h4-7,12H,8-11H2,1-3H3. The highest BCUT2D eigenvalue weighted by molar-refractivity contribution is 6.20. The number of halogens is 1. The molecule has 0 aliphatic carbocycles. The van der Waals surface area contributed by atoms with E-state index in [9.17, 15) is 0 Å². The summed E-state index contributed by atoms with van der Waals surface area (Å²) in [4.78, 5) is 2.13. The van der Waals surface area contributed by atoms with Gasteiger partial charge in [0.05, 0.1) is 19.1 Å². The van der Waals surface area contributed by atoms with Crippen molar-refractivity contribution in [2.75, 3.05) is 47.6 Å². The van der Waals surface area contributed by atoms with Crippen LogP contribution in [0.1, 0.15) is 0 Å². The molecule has 0 saturated carbocycles. The minimum absolute atomic E-state index is 0.0102. The van der Waals surface area contributed by atoms with Gasteiger partial charge in [-0.3, -0.25) is 0 Å². The molecule has 0 aliphatic heterocycles. The van der Waals surface area contributed by atoms with E-state index in [1.807, 2.05) is 31.3 Å². The van der Waals surface area contributed by atoms with Crippen molar-refractivity contribution in [3.05, 3.63) is 24.3 Å². The lowest BCUT2D eigenvalue weighted by Crippen LogP contribution is -2.31. The van der Waals surface area contributed by atoms with Crippen LogP contribution in [0.3, 0.4) is 0 Å². The Morgan fingerprint density at radius 1 is 1.16 bits per heavy atom. The van der Waals surface area contributed by atoms with Gasteiger partial charge in [0.1, 0.15) is 18.1 Å². The maximum atomic E-state index is 6.08. The number of hydrogen-bond donors (Lipinski definition) is 0. The first-order valence-electron chi connectivity index (χ1n) is 6.24. The predicted octanol–water partition coefficient (Wildman–Crippen LogP) is 2.26. The minimum atomic E-state index is 0.0102. The van der Waals surface area contributed by atoms with Crippen LogP contribution in [0, 0.1) is 0 Å². The van der Waals surface area contributed by atoms with Crippen LogP contribution in [-0.2, 0) is 4.74 Å². The zero-order chi connectivity index (χ0) is 14.1. The summed E-state index contributed by atoms with van der Waals surface area (Å²) in [5, 5.41) is 0.0102. The lowest BCUT2D eigenvalue weighted by Gasteiger charge is -2.19. The summed E-state index contributed by atoms with van der Waals surface area (Å²) >= 11 is 6.08. The number of benzene rings is 1. The summed E-state index contributed by atoms with van der Waals surface area (Å²) in [6.45, 7) is 2.78. The Morgan fingerprint density at radius 3 is 2.37 bits per heavy atom. The molecule has 1 aromatic carbocycles. The fourth-order valence-corrected chi connectivity index (χ4v) is 2.02. The topological polar surface area (TPSA) is 30.9 Å². The molecule has 0 fully saturated rings. The average Bonchev–Trinajstić information content (AvgIpc) is 2.39. The smallest absolute Gasteiger partial charge is 0.119 e. The largest absolute Gasteiger partial charge is 0.497 e. The summed E-state index contributed by atoms with van der Waals surface area (Å²) in [7, 11) is 5.32. The van der Waals surface area contributed by atoms with Gasteiger partial charge in [-0.15, -0.1) is 11.6 Å². The fourth-order valence-electron chi connectivity index (χ4n) is 1.65. The van der Waals surface area contributed by atoms with Crippen molar-refractivity contribution < 1.29 is 14.2 Å². The average molecular weight is 288 g/mol. The van der Waals surface area contributed by atoms with Gasteiger partial charge in [-0.25, -0.2) is 0 Å². The Balaban J connectivity index is 2.21. The third kappa shape index (κ3) is 6.66. The van der Waals surface area contributed by atoms with Crippen molar-refractivity contribution in [2.24, 2.45) is 0 Å². The highest BCUT2D eigenvalue weighted by Crippen LogP contribution is 2.16. The quantitative estimate of drug-likeness (QED) is 0.652. The van der Waals surface area contributed by atoms with Gasteiger partial charge in [-0.05, 0) is 31.3 Å². The zero-order valence-electron chi connectivity index (χ0n) is 11.8. The number of likely N-dealkylation sites (N-methyl/N-ethyl adjacent to an activating group) is 1. The van der Waals surface area contributed by atoms with E-state index in [0.29, 0.717) is 13.2 Å². The Bertz CT molecular complexity index is 345. The molecule has 0 radical (unpaired) electrons. The van der Waals surface area contributed by atoms with Gasteiger partial charge >= 0.3 is 0 Å². The molecule has 1 rings (SSSR count). The second-order valence-electron chi connectivity index (χ2n) is 4.34. The van der Waals surface area contributed by atoms with Gasteiger partial charge in [0.15, 0.2) is 0 Å². The first-order chi connectivity index (χ1) is 9.15. The Hall–Kier alpha value is -0.970. The van der Waals surface area contributed by atoms with Crippen LogP contribution < -0.4 is 9.47 Å². The van der Waals surface area contributed by atoms with Crippen LogP contribution in [-0.4, -0.2) is 57.8 Å². The van der Waals surface area contributed by atoms with Crippen molar-refractivity contribution in [3.8, 4) is 11.5 Å². The molecule has 0 bridgehead atoms. The first-order valence-corrected chi connectivity index (χ1v) is 6.67. The molecule has 0 spiro atoms. The number of hydrogen-bond acceptors (Lipinski definition) is 4. The van der Waals surface area contributed by atoms with Gasteiger partial charge in [0.2, 0.25) is 0 Å². The van der Waals surface area contributed by atoms with Crippen LogP contribution in [0.5, 0.6) is 11.5 Å². The Morgan fingerprint density at radius 2 is 1.79 bits per heavy atom. The van der Waals surface area contributed by atoms with E-state index < -0.39 is 0 Å². The molecule has 4 nitrogen and oxygen atoms in total. The fraction of sp³-hybridized carbons (Fsp3) is 0.571. The lowest BCUT2D eigenvalue weighted by molar-refractivity contribution is 0.175. The van der Waals surface area contributed by atoms with Crippen molar-refractivity contribution in [3.63, 3.8) is 0 Å². The molecule has 5 heteroatoms. The lowest BCUT2D eigenvalue weighted by atomic mass is 10.3. The van der Waals surface area contributed by atoms with E-state index in [2.05, 4.69) is 4.90 Å². The van der Waals surface area contributed by atoms with E-state index in [4.69, 9.17) is 25.8 Å². The van der Waals surface area contributed by atoms with Crippen LogP contribution in [0.2, 0.25) is 0 Å². The molecular formula is C14H22ClNO3. The van der Waals surface area contributed by atoms with Gasteiger partial charge in [0.25, 0.3) is 0 Å². The van der Waals surface area contributed by atoms with Crippen LogP contribution in [0.4, 0.5) is 0 Å². The summed E-state index contributed by atoms with van der Waals surface area (Å²) in [5.74, 6) is 1.67. The van der Waals surface area contributed by atoms with Crippen molar-refractivity contribution in [1.82, 2.24) is 4.90 Å². The third-order valence-electron chi connectivity index (χ3n) is 2.66. The molecule has 108 valence electrons. The van der Waals surface area contributed by atoms with E-state index in [1.54, 1.807) is 14.2 Å². The van der Waals surface area contributed by atoms with Crippen LogP contribution in [0.25, 0.3) is 0 Å². The summed E-state index contributed by atoms with van der Waals surface area (Å²) < 4.78 is 15.7. The Kier molecular flexibility index (Phi) is 7.63. The predicted molar refractivity (Wildman–Crippen MR) is 77.5 cm³/mol. The molecule has 0 aliphatic rings. The van der Waals surface area contributed by atoms with Gasteiger partial charge in [-0.1, -0.05) is 0 Å². The molecule has 0 heterocycles. The van der Waals surface area contributed by atoms with Crippen LogP contribution >= 0.6 is 11.6 Å². The molecule has 0 amide bonds. The van der Waals surface area contributed by atoms with E-state index >= 15 is 0 Å². The molecule has 1 aromatic rings. The molecule has 1 atom stereocenters. The van der Waals surface area contributed by atoms with Crippen molar-refractivity contribution in [2.45, 2.75) is 5.38 Å². The summed E-state index contributed by atoms with van der Waals surface area (Å²) in [6.07, 6.45) is 0. The minimum Gasteiger partial charge on any atom is -0.497 e. The molecular weight excluding hydrogens is 266 g/mol. The number of ether oxygens (including phenoxy) is 3. The zero-order valence-corrected chi connectivity index (χ0v) is 12.5. The van der Waals surface area contributed by atoms with E-state index in [1.165, 1.54) is 0 Å². The third-order valence-corrected chi connectivity index (χ3v) is 2.92.